The van der Waals surface area contributed by atoms with E-state index in [9.17, 15) is 9.18 Å². The molecule has 1 amide bonds. The summed E-state index contributed by atoms with van der Waals surface area (Å²) in [6, 6.07) is 13.1. The maximum atomic E-state index is 13.4. The Balaban J connectivity index is 1.60. The van der Waals surface area contributed by atoms with Gasteiger partial charge in [-0.15, -0.1) is 0 Å². The van der Waals surface area contributed by atoms with Crippen LogP contribution in [0.15, 0.2) is 53.1 Å². The molecule has 3 aromatic rings. The van der Waals surface area contributed by atoms with Crippen molar-refractivity contribution in [1.29, 1.82) is 0 Å². The van der Waals surface area contributed by atoms with Crippen LogP contribution in [-0.4, -0.2) is 20.9 Å². The van der Waals surface area contributed by atoms with Crippen molar-refractivity contribution < 1.29 is 13.7 Å². The molecule has 26 heavy (non-hydrogen) atoms. The molecule has 5 nitrogen and oxygen atoms in total. The molecule has 1 unspecified atom stereocenters. The van der Waals surface area contributed by atoms with Crippen molar-refractivity contribution in [3.05, 3.63) is 70.8 Å². The molecule has 7 heteroatoms. The molecule has 1 aliphatic heterocycles. The zero-order valence-electron chi connectivity index (χ0n) is 13.7. The standard InChI is InChI=1S/C19H15ClFN3O2/c20-15-7-2-1-6-14(15)18-22-19(26-23-18)16-8-9-17(25)24(16)11-12-4-3-5-13(21)10-12/h1-7,10,16H,8-9,11H2. The molecule has 1 atom stereocenters. The maximum absolute atomic E-state index is 13.4. The van der Waals surface area contributed by atoms with Gasteiger partial charge in [-0.05, 0) is 36.2 Å². The Kier molecular flexibility index (Phi) is 4.42. The second-order valence-corrected chi connectivity index (χ2v) is 6.55. The summed E-state index contributed by atoms with van der Waals surface area (Å²) < 4.78 is 18.8. The van der Waals surface area contributed by atoms with Crippen LogP contribution in [0.25, 0.3) is 11.4 Å². The fraction of sp³-hybridized carbons (Fsp3) is 0.211. The quantitative estimate of drug-likeness (QED) is 0.682. The molecule has 1 aromatic heterocycles. The van der Waals surface area contributed by atoms with E-state index < -0.39 is 0 Å². The van der Waals surface area contributed by atoms with E-state index in [2.05, 4.69) is 10.1 Å². The Labute approximate surface area is 154 Å². The van der Waals surface area contributed by atoms with E-state index in [1.165, 1.54) is 12.1 Å². The summed E-state index contributed by atoms with van der Waals surface area (Å²) in [6.45, 7) is 0.297. The highest BCUT2D eigenvalue weighted by Crippen LogP contribution is 2.35. The van der Waals surface area contributed by atoms with Gasteiger partial charge in [-0.2, -0.15) is 4.98 Å². The average molecular weight is 372 g/mol. The molecule has 2 heterocycles. The van der Waals surface area contributed by atoms with Gasteiger partial charge in [-0.3, -0.25) is 4.79 Å². The molecule has 0 bridgehead atoms. The fourth-order valence-electron chi connectivity index (χ4n) is 3.14. The number of carbonyl (C=O) groups is 1. The number of likely N-dealkylation sites (tertiary alicyclic amines) is 1. The van der Waals surface area contributed by atoms with Crippen LogP contribution in [0.3, 0.4) is 0 Å². The summed E-state index contributed by atoms with van der Waals surface area (Å²) in [4.78, 5) is 18.4. The van der Waals surface area contributed by atoms with E-state index in [1.807, 2.05) is 12.1 Å². The van der Waals surface area contributed by atoms with E-state index in [4.69, 9.17) is 16.1 Å². The van der Waals surface area contributed by atoms with Crippen LogP contribution in [0, 0.1) is 5.82 Å². The lowest BCUT2D eigenvalue weighted by molar-refractivity contribution is -0.130. The van der Waals surface area contributed by atoms with E-state index in [1.54, 1.807) is 29.2 Å². The molecule has 1 saturated heterocycles. The van der Waals surface area contributed by atoms with Crippen molar-refractivity contribution in [1.82, 2.24) is 15.0 Å². The molecule has 1 aliphatic rings. The Morgan fingerprint density at radius 3 is 2.88 bits per heavy atom. The second kappa shape index (κ2) is 6.88. The van der Waals surface area contributed by atoms with Crippen molar-refractivity contribution in [2.75, 3.05) is 0 Å². The number of amides is 1. The first-order chi connectivity index (χ1) is 12.6. The third-order valence-electron chi connectivity index (χ3n) is 4.41. The van der Waals surface area contributed by atoms with Crippen LogP contribution in [0.1, 0.15) is 30.3 Å². The molecule has 0 N–H and O–H groups in total. The zero-order valence-corrected chi connectivity index (χ0v) is 14.5. The van der Waals surface area contributed by atoms with Gasteiger partial charge >= 0.3 is 0 Å². The minimum absolute atomic E-state index is 0.0169. The Morgan fingerprint density at radius 2 is 2.08 bits per heavy atom. The monoisotopic (exact) mass is 371 g/mol. The maximum Gasteiger partial charge on any atom is 0.249 e. The van der Waals surface area contributed by atoms with Crippen molar-refractivity contribution in [3.8, 4) is 11.4 Å². The summed E-state index contributed by atoms with van der Waals surface area (Å²) >= 11 is 6.18. The van der Waals surface area contributed by atoms with Gasteiger partial charge in [0.05, 0.1) is 5.02 Å². The first-order valence-electron chi connectivity index (χ1n) is 8.24. The van der Waals surface area contributed by atoms with Crippen LogP contribution in [-0.2, 0) is 11.3 Å². The van der Waals surface area contributed by atoms with Gasteiger partial charge in [0.15, 0.2) is 0 Å². The molecule has 0 saturated carbocycles. The summed E-state index contributed by atoms with van der Waals surface area (Å²) in [6.07, 6.45) is 0.974. The summed E-state index contributed by atoms with van der Waals surface area (Å²) in [5.74, 6) is 0.402. The first kappa shape index (κ1) is 16.7. The molecule has 1 fully saturated rings. The third-order valence-corrected chi connectivity index (χ3v) is 4.74. The summed E-state index contributed by atoms with van der Waals surface area (Å²) in [5, 5.41) is 4.53. The van der Waals surface area contributed by atoms with Crippen LogP contribution in [0.2, 0.25) is 5.02 Å². The predicted octanol–water partition coefficient (Wildman–Crippen LogP) is 4.39. The second-order valence-electron chi connectivity index (χ2n) is 6.14. The molecule has 0 spiro atoms. The number of nitrogens with zero attached hydrogens (tertiary/aromatic N) is 3. The Bertz CT molecular complexity index is 959. The molecule has 0 aliphatic carbocycles. The fourth-order valence-corrected chi connectivity index (χ4v) is 3.36. The summed E-state index contributed by atoms with van der Waals surface area (Å²) in [5.41, 5.74) is 1.39. The number of benzene rings is 2. The number of rotatable bonds is 4. The first-order valence-corrected chi connectivity index (χ1v) is 8.62. The number of carbonyl (C=O) groups excluding carboxylic acids is 1. The topological polar surface area (TPSA) is 59.2 Å². The van der Waals surface area contributed by atoms with E-state index in [0.717, 1.165) is 5.56 Å². The molecule has 132 valence electrons. The number of hydrogen-bond donors (Lipinski definition) is 0. The average Bonchev–Trinajstić information content (AvgIpc) is 3.23. The highest BCUT2D eigenvalue weighted by molar-refractivity contribution is 6.33. The number of halogens is 2. The Hall–Kier alpha value is -2.73. The zero-order chi connectivity index (χ0) is 18.1. The van der Waals surface area contributed by atoms with Gasteiger partial charge < -0.3 is 9.42 Å². The molecule has 0 radical (unpaired) electrons. The minimum atomic E-state index is -0.329. The lowest BCUT2D eigenvalue weighted by Crippen LogP contribution is -2.27. The normalized spacial score (nSPS) is 17.1. The third kappa shape index (κ3) is 3.20. The van der Waals surface area contributed by atoms with Crippen LogP contribution >= 0.6 is 11.6 Å². The smallest absolute Gasteiger partial charge is 0.249 e. The van der Waals surface area contributed by atoms with Gasteiger partial charge in [0, 0.05) is 18.5 Å². The lowest BCUT2D eigenvalue weighted by Gasteiger charge is -2.22. The highest BCUT2D eigenvalue weighted by atomic mass is 35.5. The molecular weight excluding hydrogens is 357 g/mol. The Morgan fingerprint density at radius 1 is 1.23 bits per heavy atom. The highest BCUT2D eigenvalue weighted by Gasteiger charge is 2.36. The molecular formula is C19H15ClFN3O2. The number of hydrogen-bond acceptors (Lipinski definition) is 4. The predicted molar refractivity (Wildman–Crippen MR) is 93.7 cm³/mol. The molecule has 2 aromatic carbocycles. The van der Waals surface area contributed by atoms with Gasteiger partial charge in [-0.25, -0.2) is 4.39 Å². The van der Waals surface area contributed by atoms with Crippen molar-refractivity contribution in [2.45, 2.75) is 25.4 Å². The van der Waals surface area contributed by atoms with Gasteiger partial charge in [0.2, 0.25) is 17.6 Å². The number of aromatic nitrogens is 2. The van der Waals surface area contributed by atoms with E-state index in [0.29, 0.717) is 41.7 Å². The largest absolute Gasteiger partial charge is 0.337 e. The van der Waals surface area contributed by atoms with Crippen LogP contribution in [0.5, 0.6) is 0 Å². The minimum Gasteiger partial charge on any atom is -0.337 e. The van der Waals surface area contributed by atoms with Crippen molar-refractivity contribution in [3.63, 3.8) is 0 Å². The summed E-state index contributed by atoms with van der Waals surface area (Å²) in [7, 11) is 0. The van der Waals surface area contributed by atoms with Crippen molar-refractivity contribution in [2.24, 2.45) is 0 Å². The van der Waals surface area contributed by atoms with Gasteiger partial charge in [0.1, 0.15) is 11.9 Å². The van der Waals surface area contributed by atoms with Gasteiger partial charge in [-0.1, -0.05) is 41.0 Å². The lowest BCUT2D eigenvalue weighted by atomic mass is 10.1. The molecule has 4 rings (SSSR count). The van der Waals surface area contributed by atoms with Crippen LogP contribution in [0.4, 0.5) is 4.39 Å². The van der Waals surface area contributed by atoms with Gasteiger partial charge in [0.25, 0.3) is 0 Å². The van der Waals surface area contributed by atoms with E-state index >= 15 is 0 Å². The van der Waals surface area contributed by atoms with E-state index in [-0.39, 0.29) is 17.8 Å². The van der Waals surface area contributed by atoms with Crippen LogP contribution < -0.4 is 0 Å². The van der Waals surface area contributed by atoms with Crippen molar-refractivity contribution >= 4 is 17.5 Å². The SMILES string of the molecule is O=C1CCC(c2nc(-c3ccccc3Cl)no2)N1Cc1cccc(F)c1.